The van der Waals surface area contributed by atoms with Gasteiger partial charge in [-0.1, -0.05) is 18.2 Å². The summed E-state index contributed by atoms with van der Waals surface area (Å²) >= 11 is 0. The maximum Gasteiger partial charge on any atom is 0.243 e. The van der Waals surface area contributed by atoms with Gasteiger partial charge in [0.05, 0.1) is 0 Å². The van der Waals surface area contributed by atoms with Crippen LogP contribution in [0, 0.1) is 5.82 Å². The van der Waals surface area contributed by atoms with Crippen molar-refractivity contribution in [1.29, 1.82) is 0 Å². The molecule has 0 saturated heterocycles. The molecule has 0 aromatic heterocycles. The van der Waals surface area contributed by atoms with Crippen molar-refractivity contribution in [2.24, 2.45) is 4.99 Å². The highest BCUT2D eigenvalue weighted by atomic mass is 19.1. The van der Waals surface area contributed by atoms with Crippen molar-refractivity contribution in [3.8, 4) is 0 Å². The molecule has 2 N–H and O–H groups in total. The molecule has 1 saturated carbocycles. The quantitative estimate of drug-likeness (QED) is 0.637. The monoisotopic (exact) mass is 306 g/mol. The molecule has 1 amide bonds. The van der Waals surface area contributed by atoms with Gasteiger partial charge in [-0.3, -0.25) is 4.79 Å². The molecule has 2 rings (SSSR count). The van der Waals surface area contributed by atoms with Crippen molar-refractivity contribution >= 4 is 11.9 Å². The van der Waals surface area contributed by atoms with Crippen LogP contribution in [0.5, 0.6) is 0 Å². The third-order valence-corrected chi connectivity index (χ3v) is 3.63. The number of amides is 1. The van der Waals surface area contributed by atoms with Crippen LogP contribution < -0.4 is 10.6 Å². The minimum atomic E-state index is -0.165. The molecule has 2 atom stereocenters. The zero-order valence-corrected chi connectivity index (χ0v) is 13.3. The van der Waals surface area contributed by atoms with Crippen LogP contribution in [-0.4, -0.2) is 50.0 Å². The van der Waals surface area contributed by atoms with E-state index in [1.807, 2.05) is 19.1 Å². The molecule has 6 heteroatoms. The molecular formula is C16H23FN4O. The lowest BCUT2D eigenvalue weighted by Crippen LogP contribution is -2.40. The normalized spacial score (nSPS) is 20.5. The number of likely N-dealkylation sites (N-methyl/N-ethyl adjacent to an activating group) is 1. The Bertz CT molecular complexity index is 559. The summed E-state index contributed by atoms with van der Waals surface area (Å²) in [6.07, 6.45) is 0.868. The Kier molecular flexibility index (Phi) is 5.35. The molecule has 0 radical (unpaired) electrons. The van der Waals surface area contributed by atoms with E-state index in [0.717, 1.165) is 12.0 Å². The van der Waals surface area contributed by atoms with E-state index in [2.05, 4.69) is 15.6 Å². The highest BCUT2D eigenvalue weighted by Crippen LogP contribution is 2.41. The number of hydrogen-bond acceptors (Lipinski definition) is 2. The number of nitrogens with one attached hydrogen (secondary N) is 2. The van der Waals surface area contributed by atoms with Gasteiger partial charge in [0.25, 0.3) is 0 Å². The van der Waals surface area contributed by atoms with Gasteiger partial charge in [-0.25, -0.2) is 9.38 Å². The lowest BCUT2D eigenvalue weighted by Gasteiger charge is -2.13. The molecular weight excluding hydrogens is 283 g/mol. The van der Waals surface area contributed by atoms with Crippen LogP contribution in [0.15, 0.2) is 29.3 Å². The third kappa shape index (κ3) is 4.19. The summed E-state index contributed by atoms with van der Waals surface area (Å²) in [4.78, 5) is 17.4. The molecule has 1 aromatic rings. The van der Waals surface area contributed by atoms with Crippen molar-refractivity contribution in [3.05, 3.63) is 35.6 Å². The summed E-state index contributed by atoms with van der Waals surface area (Å²) in [5.74, 6) is 0.538. The topological polar surface area (TPSA) is 56.7 Å². The second-order valence-corrected chi connectivity index (χ2v) is 5.60. The molecule has 0 aliphatic heterocycles. The number of halogens is 1. The number of guanidine groups is 1. The molecule has 1 aliphatic rings. The van der Waals surface area contributed by atoms with Crippen LogP contribution in [0.2, 0.25) is 0 Å². The molecule has 0 bridgehead atoms. The maximum atomic E-state index is 13.8. The molecule has 0 heterocycles. The van der Waals surface area contributed by atoms with Crippen LogP contribution in [0.1, 0.15) is 24.8 Å². The molecule has 120 valence electrons. The number of carbonyl (C=O) groups excluding carboxylic acids is 1. The molecule has 1 aromatic carbocycles. The van der Waals surface area contributed by atoms with Gasteiger partial charge < -0.3 is 15.5 Å². The zero-order chi connectivity index (χ0) is 16.1. The summed E-state index contributed by atoms with van der Waals surface area (Å²) in [6.45, 7) is 2.77. The summed E-state index contributed by atoms with van der Waals surface area (Å²) in [6, 6.07) is 7.01. The van der Waals surface area contributed by atoms with Gasteiger partial charge in [-0.2, -0.15) is 0 Å². The van der Waals surface area contributed by atoms with Crippen LogP contribution in [0.3, 0.4) is 0 Å². The fourth-order valence-corrected chi connectivity index (χ4v) is 2.26. The first-order valence-electron chi connectivity index (χ1n) is 7.52. The molecule has 2 unspecified atom stereocenters. The smallest absolute Gasteiger partial charge is 0.243 e. The van der Waals surface area contributed by atoms with E-state index >= 15 is 0 Å². The maximum absolute atomic E-state index is 13.8. The lowest BCUT2D eigenvalue weighted by molar-refractivity contribution is -0.127. The van der Waals surface area contributed by atoms with E-state index in [1.165, 1.54) is 11.0 Å². The number of nitrogens with zero attached hydrogens (tertiary/aromatic N) is 2. The van der Waals surface area contributed by atoms with Crippen LogP contribution in [0.4, 0.5) is 4.39 Å². The first-order chi connectivity index (χ1) is 10.5. The molecule has 0 spiro atoms. The van der Waals surface area contributed by atoms with Gasteiger partial charge in [0.15, 0.2) is 5.96 Å². The van der Waals surface area contributed by atoms with E-state index < -0.39 is 0 Å². The fourth-order valence-electron chi connectivity index (χ4n) is 2.26. The average Bonchev–Trinajstić information content (AvgIpc) is 3.24. The summed E-state index contributed by atoms with van der Waals surface area (Å²) in [5.41, 5.74) is 0.736. The highest BCUT2D eigenvalue weighted by Gasteiger charge is 2.40. The van der Waals surface area contributed by atoms with E-state index in [9.17, 15) is 9.18 Å². The van der Waals surface area contributed by atoms with Crippen LogP contribution in [0.25, 0.3) is 0 Å². The minimum Gasteiger partial charge on any atom is -0.357 e. The lowest BCUT2D eigenvalue weighted by atomic mass is 10.1. The molecule has 5 nitrogen and oxygen atoms in total. The van der Waals surface area contributed by atoms with Gasteiger partial charge in [-0.15, -0.1) is 0 Å². The van der Waals surface area contributed by atoms with E-state index in [4.69, 9.17) is 0 Å². The van der Waals surface area contributed by atoms with Gasteiger partial charge in [-0.05, 0) is 25.0 Å². The van der Waals surface area contributed by atoms with Gasteiger partial charge in [0.1, 0.15) is 12.4 Å². The second-order valence-electron chi connectivity index (χ2n) is 5.60. The standard InChI is InChI=1S/C16H23FN4O/c1-4-18-16(19-10-15(22)21(2)3)20-14-9-12(14)11-7-5-6-8-13(11)17/h5-8,12,14H,4,9-10H2,1-3H3,(H2,18,19,20). The van der Waals surface area contributed by atoms with Gasteiger partial charge in [0, 0.05) is 32.6 Å². The Hall–Kier alpha value is -2.11. The Morgan fingerprint density at radius 3 is 2.77 bits per heavy atom. The van der Waals surface area contributed by atoms with Crippen molar-refractivity contribution in [3.63, 3.8) is 0 Å². The number of aliphatic imine (C=N–C) groups is 1. The number of hydrogen-bond donors (Lipinski definition) is 2. The number of rotatable bonds is 5. The van der Waals surface area contributed by atoms with E-state index in [0.29, 0.717) is 12.5 Å². The Morgan fingerprint density at radius 1 is 1.41 bits per heavy atom. The molecule has 1 aliphatic carbocycles. The first kappa shape index (κ1) is 16.3. The number of benzene rings is 1. The molecule has 1 fully saturated rings. The van der Waals surface area contributed by atoms with Gasteiger partial charge in [0.2, 0.25) is 5.91 Å². The SMILES string of the molecule is CCNC(=NCC(=O)N(C)C)NC1CC1c1ccccc1F. The second kappa shape index (κ2) is 7.24. The summed E-state index contributed by atoms with van der Waals surface area (Å²) < 4.78 is 13.8. The summed E-state index contributed by atoms with van der Waals surface area (Å²) in [7, 11) is 3.40. The van der Waals surface area contributed by atoms with Crippen molar-refractivity contribution < 1.29 is 9.18 Å². The Morgan fingerprint density at radius 2 is 2.14 bits per heavy atom. The van der Waals surface area contributed by atoms with Crippen LogP contribution in [-0.2, 0) is 4.79 Å². The van der Waals surface area contributed by atoms with Crippen LogP contribution >= 0.6 is 0 Å². The largest absolute Gasteiger partial charge is 0.357 e. The Labute approximate surface area is 130 Å². The van der Waals surface area contributed by atoms with E-state index in [1.54, 1.807) is 20.2 Å². The summed E-state index contributed by atoms with van der Waals surface area (Å²) in [5, 5.41) is 6.37. The highest BCUT2D eigenvalue weighted by molar-refractivity contribution is 5.85. The first-order valence-corrected chi connectivity index (χ1v) is 7.52. The fraction of sp³-hybridized carbons (Fsp3) is 0.500. The number of carbonyl (C=O) groups is 1. The predicted octanol–water partition coefficient (Wildman–Crippen LogP) is 1.32. The predicted molar refractivity (Wildman–Crippen MR) is 85.4 cm³/mol. The third-order valence-electron chi connectivity index (χ3n) is 3.63. The molecule has 22 heavy (non-hydrogen) atoms. The minimum absolute atomic E-state index is 0.0568. The van der Waals surface area contributed by atoms with Crippen molar-refractivity contribution in [2.45, 2.75) is 25.3 Å². The van der Waals surface area contributed by atoms with E-state index in [-0.39, 0.29) is 30.2 Å². The average molecular weight is 306 g/mol. The van der Waals surface area contributed by atoms with Gasteiger partial charge >= 0.3 is 0 Å². The Balaban J connectivity index is 1.94. The zero-order valence-electron chi connectivity index (χ0n) is 13.3. The van der Waals surface area contributed by atoms with Crippen molar-refractivity contribution in [1.82, 2.24) is 15.5 Å². The van der Waals surface area contributed by atoms with Crippen molar-refractivity contribution in [2.75, 3.05) is 27.2 Å².